The van der Waals surface area contributed by atoms with E-state index in [0.29, 0.717) is 6.61 Å². The van der Waals surface area contributed by atoms with Gasteiger partial charge in [0.1, 0.15) is 12.4 Å². The van der Waals surface area contributed by atoms with Crippen LogP contribution in [-0.2, 0) is 13.2 Å². The average molecular weight is 274 g/mol. The number of ether oxygens (including phenoxy) is 1. The summed E-state index contributed by atoms with van der Waals surface area (Å²) in [4.78, 5) is 0. The molecule has 0 aliphatic rings. The van der Waals surface area contributed by atoms with E-state index in [2.05, 4.69) is 43.4 Å². The second-order valence-corrected chi connectivity index (χ2v) is 5.00. The van der Waals surface area contributed by atoms with Crippen LogP contribution in [0.1, 0.15) is 35.8 Å². The van der Waals surface area contributed by atoms with Crippen molar-refractivity contribution in [1.29, 1.82) is 0 Å². The van der Waals surface area contributed by atoms with Gasteiger partial charge in [0.15, 0.2) is 5.76 Å². The molecule has 0 saturated carbocycles. The molecule has 0 aliphatic carbocycles. The molecular weight excluding hydrogens is 252 g/mol. The Morgan fingerprint density at radius 3 is 2.60 bits per heavy atom. The van der Waals surface area contributed by atoms with Gasteiger partial charge >= 0.3 is 0 Å². The van der Waals surface area contributed by atoms with E-state index in [1.54, 1.807) is 6.20 Å². The SMILES string of the molecule is CCCNCc1cc(C)c(OCc2ccno2)c(C)c1. The zero-order chi connectivity index (χ0) is 14.4. The minimum Gasteiger partial charge on any atom is -0.485 e. The van der Waals surface area contributed by atoms with E-state index in [-0.39, 0.29) is 0 Å². The molecule has 4 heteroatoms. The summed E-state index contributed by atoms with van der Waals surface area (Å²) >= 11 is 0. The average Bonchev–Trinajstić information content (AvgIpc) is 2.91. The Labute approximate surface area is 120 Å². The van der Waals surface area contributed by atoms with Crippen LogP contribution in [0.2, 0.25) is 0 Å². The minimum absolute atomic E-state index is 0.412. The van der Waals surface area contributed by atoms with Gasteiger partial charge < -0.3 is 14.6 Å². The molecule has 1 N–H and O–H groups in total. The van der Waals surface area contributed by atoms with Gasteiger partial charge in [0.25, 0.3) is 0 Å². The van der Waals surface area contributed by atoms with Gasteiger partial charge in [-0.25, -0.2) is 0 Å². The number of nitrogens with one attached hydrogen (secondary N) is 1. The predicted molar refractivity (Wildman–Crippen MR) is 78.7 cm³/mol. The molecule has 1 aromatic carbocycles. The molecule has 4 nitrogen and oxygen atoms in total. The first kappa shape index (κ1) is 14.6. The Morgan fingerprint density at radius 2 is 2.00 bits per heavy atom. The van der Waals surface area contributed by atoms with Gasteiger partial charge in [0.05, 0.1) is 6.20 Å². The van der Waals surface area contributed by atoms with Crippen molar-refractivity contribution >= 4 is 0 Å². The van der Waals surface area contributed by atoms with E-state index in [1.165, 1.54) is 5.56 Å². The number of benzene rings is 1. The van der Waals surface area contributed by atoms with E-state index in [1.807, 2.05) is 6.07 Å². The molecule has 1 heterocycles. The maximum atomic E-state index is 5.84. The van der Waals surface area contributed by atoms with E-state index < -0.39 is 0 Å². The third-order valence-electron chi connectivity index (χ3n) is 3.13. The Balaban J connectivity index is 2.02. The Hall–Kier alpha value is -1.81. The summed E-state index contributed by atoms with van der Waals surface area (Å²) in [6, 6.07) is 6.16. The highest BCUT2D eigenvalue weighted by Crippen LogP contribution is 2.25. The first-order valence-corrected chi connectivity index (χ1v) is 7.04. The Kier molecular flexibility index (Phi) is 5.18. The number of aromatic nitrogens is 1. The van der Waals surface area contributed by atoms with Crippen molar-refractivity contribution in [2.24, 2.45) is 0 Å². The zero-order valence-corrected chi connectivity index (χ0v) is 12.4. The van der Waals surface area contributed by atoms with Crippen molar-refractivity contribution in [3.05, 3.63) is 46.8 Å². The summed E-state index contributed by atoms with van der Waals surface area (Å²) in [5, 5.41) is 7.09. The molecule has 0 atom stereocenters. The number of rotatable bonds is 7. The molecule has 0 unspecified atom stereocenters. The lowest BCUT2D eigenvalue weighted by Gasteiger charge is -2.13. The fourth-order valence-electron chi connectivity index (χ4n) is 2.24. The monoisotopic (exact) mass is 274 g/mol. The molecule has 20 heavy (non-hydrogen) atoms. The lowest BCUT2D eigenvalue weighted by Crippen LogP contribution is -2.14. The van der Waals surface area contributed by atoms with Crippen molar-refractivity contribution in [3.63, 3.8) is 0 Å². The fourth-order valence-corrected chi connectivity index (χ4v) is 2.24. The van der Waals surface area contributed by atoms with Gasteiger partial charge in [-0.15, -0.1) is 0 Å². The maximum Gasteiger partial charge on any atom is 0.174 e. The lowest BCUT2D eigenvalue weighted by molar-refractivity contribution is 0.246. The van der Waals surface area contributed by atoms with Crippen molar-refractivity contribution < 1.29 is 9.26 Å². The number of hydrogen-bond acceptors (Lipinski definition) is 4. The lowest BCUT2D eigenvalue weighted by atomic mass is 10.1. The van der Waals surface area contributed by atoms with Gasteiger partial charge in [-0.1, -0.05) is 24.2 Å². The highest BCUT2D eigenvalue weighted by molar-refractivity contribution is 5.43. The highest BCUT2D eigenvalue weighted by atomic mass is 16.5. The maximum absolute atomic E-state index is 5.84. The van der Waals surface area contributed by atoms with Crippen LogP contribution < -0.4 is 10.1 Å². The van der Waals surface area contributed by atoms with Crippen LogP contribution in [0.4, 0.5) is 0 Å². The molecule has 0 saturated heterocycles. The van der Waals surface area contributed by atoms with Gasteiger partial charge in [-0.05, 0) is 43.5 Å². The van der Waals surface area contributed by atoms with E-state index in [0.717, 1.165) is 42.1 Å². The van der Waals surface area contributed by atoms with Crippen molar-refractivity contribution in [3.8, 4) is 5.75 Å². The van der Waals surface area contributed by atoms with Crippen LogP contribution in [-0.4, -0.2) is 11.7 Å². The van der Waals surface area contributed by atoms with Crippen LogP contribution >= 0.6 is 0 Å². The first-order chi connectivity index (χ1) is 9.70. The third kappa shape index (κ3) is 3.84. The molecule has 0 amide bonds. The smallest absolute Gasteiger partial charge is 0.174 e. The molecule has 2 aromatic rings. The van der Waals surface area contributed by atoms with Crippen molar-refractivity contribution in [2.45, 2.75) is 40.3 Å². The van der Waals surface area contributed by atoms with Crippen LogP contribution in [0.3, 0.4) is 0 Å². The zero-order valence-electron chi connectivity index (χ0n) is 12.4. The third-order valence-corrected chi connectivity index (χ3v) is 3.13. The molecule has 0 aliphatic heterocycles. The van der Waals surface area contributed by atoms with E-state index in [9.17, 15) is 0 Å². The Bertz CT molecular complexity index is 512. The summed E-state index contributed by atoms with van der Waals surface area (Å²) in [5.74, 6) is 1.66. The molecular formula is C16H22N2O2. The van der Waals surface area contributed by atoms with Gasteiger partial charge in [-0.2, -0.15) is 0 Å². The first-order valence-electron chi connectivity index (χ1n) is 7.04. The van der Waals surface area contributed by atoms with E-state index >= 15 is 0 Å². The summed E-state index contributed by atoms with van der Waals surface area (Å²) < 4.78 is 10.9. The summed E-state index contributed by atoms with van der Waals surface area (Å²) in [6.07, 6.45) is 2.78. The number of nitrogens with zero attached hydrogens (tertiary/aromatic N) is 1. The number of aryl methyl sites for hydroxylation is 2. The summed E-state index contributed by atoms with van der Waals surface area (Å²) in [6.45, 7) is 8.68. The molecule has 0 spiro atoms. The van der Waals surface area contributed by atoms with Gasteiger partial charge in [0.2, 0.25) is 0 Å². The van der Waals surface area contributed by atoms with Crippen LogP contribution in [0.15, 0.2) is 28.9 Å². The largest absolute Gasteiger partial charge is 0.485 e. The number of hydrogen-bond donors (Lipinski definition) is 1. The van der Waals surface area contributed by atoms with Gasteiger partial charge in [0, 0.05) is 12.6 Å². The van der Waals surface area contributed by atoms with Crippen LogP contribution in [0.25, 0.3) is 0 Å². The van der Waals surface area contributed by atoms with Crippen LogP contribution in [0, 0.1) is 13.8 Å². The molecule has 2 rings (SSSR count). The van der Waals surface area contributed by atoms with Crippen molar-refractivity contribution in [1.82, 2.24) is 10.5 Å². The summed E-state index contributed by atoms with van der Waals surface area (Å²) in [5.41, 5.74) is 3.59. The standard InChI is InChI=1S/C16H22N2O2/c1-4-6-17-10-14-8-12(2)16(13(3)9-14)19-11-15-5-7-18-20-15/h5,7-9,17H,4,6,10-11H2,1-3H3. The molecule has 0 fully saturated rings. The Morgan fingerprint density at radius 1 is 1.25 bits per heavy atom. The summed E-state index contributed by atoms with van der Waals surface area (Å²) in [7, 11) is 0. The topological polar surface area (TPSA) is 47.3 Å². The molecule has 0 radical (unpaired) electrons. The molecule has 108 valence electrons. The predicted octanol–water partition coefficient (Wildman–Crippen LogP) is 3.37. The van der Waals surface area contributed by atoms with Gasteiger partial charge in [-0.3, -0.25) is 0 Å². The van der Waals surface area contributed by atoms with E-state index in [4.69, 9.17) is 9.26 Å². The van der Waals surface area contributed by atoms with Crippen molar-refractivity contribution in [2.75, 3.05) is 6.54 Å². The minimum atomic E-state index is 0.412. The van der Waals surface area contributed by atoms with Crippen LogP contribution in [0.5, 0.6) is 5.75 Å². The second kappa shape index (κ2) is 7.10. The normalized spacial score (nSPS) is 10.8. The second-order valence-electron chi connectivity index (χ2n) is 5.00. The quantitative estimate of drug-likeness (QED) is 0.786. The molecule has 1 aromatic heterocycles. The fraction of sp³-hybridized carbons (Fsp3) is 0.438. The highest BCUT2D eigenvalue weighted by Gasteiger charge is 2.08. The molecule has 0 bridgehead atoms.